The summed E-state index contributed by atoms with van der Waals surface area (Å²) in [5.41, 5.74) is 22.7. The fraction of sp³-hybridized carbons (Fsp3) is 0.200. The third-order valence-electron chi connectivity index (χ3n) is 22.0. The van der Waals surface area contributed by atoms with Gasteiger partial charge in [-0.05, 0) is 176 Å². The van der Waals surface area contributed by atoms with Crippen molar-refractivity contribution in [3.8, 4) is 0 Å². The zero-order valence-electron chi connectivity index (χ0n) is 63.3. The van der Waals surface area contributed by atoms with E-state index in [1.165, 1.54) is 98.4 Å². The molecular formula is C100H94N4. The molecule has 16 aromatic rings. The highest BCUT2D eigenvalue weighted by Crippen LogP contribution is 2.58. The average Bonchev–Trinajstić information content (AvgIpc) is 0.695. The Balaban J connectivity index is 1.15. The minimum atomic E-state index is -0.0756. The number of rotatable bonds is 12. The standard InChI is InChI=1S/C100H94N4/c1-63-33-37-67-25-17-21-29-79(67)93(63)101(75-49-41-71(42-50-75)97(5,6)7)87-61-88(102(76-51-43-72(44-52-76)98(8,9)10)94-64(2)34-38-68-26-18-22-30-80(68)94)84-59-60-86-90(104(78-55-47-74(48-56-78)100(14,15)16)96-66(4)36-40-70-28-20-24-32-82(70)96)62-89(85-58-57-83(87)91(84)92(85)86)103(77-53-45-73(46-54-77)99(11,12)13)95-65(3)35-39-69-27-19-23-31-81(69)95/h17-62H,1-16H3. The summed E-state index contributed by atoms with van der Waals surface area (Å²) in [5, 5.41) is 16.4. The molecule has 0 aliphatic heterocycles. The van der Waals surface area contributed by atoms with Crippen molar-refractivity contribution in [2.24, 2.45) is 0 Å². The SMILES string of the molecule is Cc1ccc2ccccc2c1N(c1ccc(C(C)(C)C)cc1)c1cc(N(c2ccc(C(C)(C)C)cc2)c2c(C)ccc3ccccc23)c2ccc3c(N(c4ccc(C(C)(C)C)cc4)c4c(C)ccc5ccccc45)cc(N(c4ccc(C(C)(C)C)cc4)c4c(C)ccc5ccccc45)c4ccc1c2c43. The van der Waals surface area contributed by atoms with Gasteiger partial charge in [0.15, 0.2) is 0 Å². The molecule has 0 atom stereocenters. The molecule has 4 heteroatoms. The minimum absolute atomic E-state index is 0.0756. The van der Waals surface area contributed by atoms with Crippen LogP contribution in [0.4, 0.5) is 68.2 Å². The van der Waals surface area contributed by atoms with Crippen LogP contribution >= 0.6 is 0 Å². The number of anilines is 12. The second kappa shape index (κ2) is 25.3. The normalized spacial score (nSPS) is 12.4. The largest absolute Gasteiger partial charge is 0.309 e. The highest BCUT2D eigenvalue weighted by molar-refractivity contribution is 6.34. The monoisotopic (exact) mass is 1350 g/mol. The first-order chi connectivity index (χ1) is 49.8. The summed E-state index contributed by atoms with van der Waals surface area (Å²) >= 11 is 0. The number of benzene rings is 16. The molecule has 0 fully saturated rings. The van der Waals surface area contributed by atoms with Crippen molar-refractivity contribution in [1.82, 2.24) is 0 Å². The van der Waals surface area contributed by atoms with Gasteiger partial charge in [0, 0.05) is 76.6 Å². The van der Waals surface area contributed by atoms with Crippen LogP contribution in [0.2, 0.25) is 0 Å². The summed E-state index contributed by atoms with van der Waals surface area (Å²) < 4.78 is 0. The van der Waals surface area contributed by atoms with Crippen LogP contribution in [0.1, 0.15) is 128 Å². The van der Waals surface area contributed by atoms with Crippen molar-refractivity contribution >= 4 is 144 Å². The molecule has 0 heterocycles. The van der Waals surface area contributed by atoms with E-state index in [4.69, 9.17) is 0 Å². The Kier molecular flexibility index (Phi) is 16.4. The van der Waals surface area contributed by atoms with Crippen LogP contribution < -0.4 is 19.6 Å². The van der Waals surface area contributed by atoms with Gasteiger partial charge in [0.1, 0.15) is 0 Å². The van der Waals surface area contributed by atoms with Crippen LogP contribution in [0.5, 0.6) is 0 Å². The van der Waals surface area contributed by atoms with Gasteiger partial charge in [-0.2, -0.15) is 0 Å². The third kappa shape index (κ3) is 11.6. The van der Waals surface area contributed by atoms with Crippen LogP contribution in [-0.4, -0.2) is 0 Å². The number of aryl methyl sites for hydroxylation is 4. The minimum Gasteiger partial charge on any atom is -0.309 e. The Hall–Kier alpha value is -11.2. The number of hydrogen-bond donors (Lipinski definition) is 0. The van der Waals surface area contributed by atoms with Gasteiger partial charge in [-0.15, -0.1) is 0 Å². The van der Waals surface area contributed by atoms with Crippen molar-refractivity contribution in [3.05, 3.63) is 324 Å². The molecule has 0 saturated carbocycles. The van der Waals surface area contributed by atoms with Gasteiger partial charge in [-0.1, -0.05) is 301 Å². The Morgan fingerprint density at radius 2 is 0.385 bits per heavy atom. The van der Waals surface area contributed by atoms with Crippen LogP contribution in [-0.2, 0) is 21.7 Å². The van der Waals surface area contributed by atoms with Gasteiger partial charge < -0.3 is 19.6 Å². The summed E-state index contributed by atoms with van der Waals surface area (Å²) in [6, 6.07) is 107. The number of nitrogens with zero attached hydrogens (tertiary/aromatic N) is 4. The maximum absolute atomic E-state index is 2.61. The average molecular weight is 1350 g/mol. The summed E-state index contributed by atoms with van der Waals surface area (Å²) in [6.45, 7) is 37.0. The Labute approximate surface area is 615 Å². The van der Waals surface area contributed by atoms with Gasteiger partial charge in [0.2, 0.25) is 0 Å². The van der Waals surface area contributed by atoms with Gasteiger partial charge in [-0.3, -0.25) is 0 Å². The van der Waals surface area contributed by atoms with E-state index < -0.39 is 0 Å². The summed E-state index contributed by atoms with van der Waals surface area (Å²) in [4.78, 5) is 10.5. The van der Waals surface area contributed by atoms with Gasteiger partial charge in [-0.25, -0.2) is 0 Å². The van der Waals surface area contributed by atoms with Crippen LogP contribution in [0, 0.1) is 27.7 Å². The van der Waals surface area contributed by atoms with Crippen molar-refractivity contribution in [3.63, 3.8) is 0 Å². The quantitative estimate of drug-likeness (QED) is 0.113. The molecule has 0 aliphatic rings. The Morgan fingerprint density at radius 3 is 0.577 bits per heavy atom. The molecule has 0 aromatic heterocycles. The molecule has 0 radical (unpaired) electrons. The predicted octanol–water partition coefficient (Wildman–Crippen LogP) is 29.5. The Morgan fingerprint density at radius 1 is 0.192 bits per heavy atom. The van der Waals surface area contributed by atoms with Crippen LogP contribution in [0.3, 0.4) is 0 Å². The highest BCUT2D eigenvalue weighted by Gasteiger charge is 2.33. The summed E-state index contributed by atoms with van der Waals surface area (Å²) in [6.07, 6.45) is 0. The maximum atomic E-state index is 2.61. The molecular weight excluding hydrogens is 1260 g/mol. The summed E-state index contributed by atoms with van der Waals surface area (Å²) in [7, 11) is 0. The van der Waals surface area contributed by atoms with E-state index in [-0.39, 0.29) is 21.7 Å². The Bertz CT molecular complexity index is 5260. The lowest BCUT2D eigenvalue weighted by Crippen LogP contribution is -2.18. The van der Waals surface area contributed by atoms with Crippen LogP contribution in [0.25, 0.3) is 75.4 Å². The van der Waals surface area contributed by atoms with E-state index in [2.05, 4.69) is 409 Å². The fourth-order valence-corrected chi connectivity index (χ4v) is 16.3. The lowest BCUT2D eigenvalue weighted by Gasteiger charge is -2.36. The molecule has 0 bridgehead atoms. The molecule has 0 spiro atoms. The second-order valence-corrected chi connectivity index (χ2v) is 33.2. The number of hydrogen-bond acceptors (Lipinski definition) is 4. The first-order valence-corrected chi connectivity index (χ1v) is 37.1. The van der Waals surface area contributed by atoms with Crippen molar-refractivity contribution < 1.29 is 0 Å². The molecule has 514 valence electrons. The molecule has 0 amide bonds. The molecule has 104 heavy (non-hydrogen) atoms. The van der Waals surface area contributed by atoms with E-state index in [0.29, 0.717) is 0 Å². The third-order valence-corrected chi connectivity index (χ3v) is 22.0. The van der Waals surface area contributed by atoms with Crippen LogP contribution in [0.15, 0.2) is 279 Å². The maximum Gasteiger partial charge on any atom is 0.0569 e. The van der Waals surface area contributed by atoms with Crippen molar-refractivity contribution in [2.75, 3.05) is 19.6 Å². The zero-order chi connectivity index (χ0) is 72.5. The van der Waals surface area contributed by atoms with E-state index in [0.717, 1.165) is 89.8 Å². The molecule has 16 aromatic carbocycles. The van der Waals surface area contributed by atoms with Gasteiger partial charge in [0.25, 0.3) is 0 Å². The molecule has 0 N–H and O–H groups in total. The van der Waals surface area contributed by atoms with Gasteiger partial charge in [0.05, 0.1) is 45.5 Å². The lowest BCUT2D eigenvalue weighted by atomic mass is 9.86. The van der Waals surface area contributed by atoms with E-state index >= 15 is 0 Å². The number of fused-ring (bicyclic) bond motifs is 4. The highest BCUT2D eigenvalue weighted by atomic mass is 15.2. The smallest absolute Gasteiger partial charge is 0.0569 e. The van der Waals surface area contributed by atoms with E-state index in [1.807, 2.05) is 0 Å². The lowest BCUT2D eigenvalue weighted by molar-refractivity contribution is 0.590. The first-order valence-electron chi connectivity index (χ1n) is 37.1. The van der Waals surface area contributed by atoms with Crippen molar-refractivity contribution in [2.45, 2.75) is 132 Å². The predicted molar refractivity (Wildman–Crippen MR) is 453 cm³/mol. The topological polar surface area (TPSA) is 13.0 Å². The first kappa shape index (κ1) is 67.3. The van der Waals surface area contributed by atoms with Gasteiger partial charge >= 0.3 is 0 Å². The fourth-order valence-electron chi connectivity index (χ4n) is 16.3. The van der Waals surface area contributed by atoms with Crippen molar-refractivity contribution in [1.29, 1.82) is 0 Å². The summed E-state index contributed by atoms with van der Waals surface area (Å²) in [5.74, 6) is 0. The molecule has 4 nitrogen and oxygen atoms in total. The molecule has 0 saturated heterocycles. The molecule has 0 unspecified atom stereocenters. The second-order valence-electron chi connectivity index (χ2n) is 33.2. The van der Waals surface area contributed by atoms with E-state index in [1.54, 1.807) is 0 Å². The van der Waals surface area contributed by atoms with E-state index in [9.17, 15) is 0 Å². The molecule has 0 aliphatic carbocycles. The molecule has 16 rings (SSSR count). The zero-order valence-corrected chi connectivity index (χ0v) is 63.3.